The Morgan fingerprint density at radius 2 is 2.24 bits per heavy atom. The molecule has 2 heterocycles. The van der Waals surface area contributed by atoms with Gasteiger partial charge in [-0.2, -0.15) is 11.3 Å². The van der Waals surface area contributed by atoms with Crippen molar-refractivity contribution in [3.05, 3.63) is 52.2 Å². The number of hydrogen-bond acceptors (Lipinski definition) is 3. The molecule has 0 aliphatic carbocycles. The average molecular weight is 243 g/mol. The van der Waals surface area contributed by atoms with E-state index < -0.39 is 0 Å². The molecule has 1 aliphatic rings. The van der Waals surface area contributed by atoms with E-state index in [0.29, 0.717) is 12.3 Å². The number of nitrogens with one attached hydrogen (secondary N) is 1. The Bertz CT molecular complexity index is 533. The fraction of sp³-hybridized carbons (Fsp3) is 0.214. The quantitative estimate of drug-likeness (QED) is 0.835. The van der Waals surface area contributed by atoms with Crippen LogP contribution >= 0.6 is 11.3 Å². The fourth-order valence-electron chi connectivity index (χ4n) is 2.30. The molecule has 1 atom stereocenters. The second-order valence-corrected chi connectivity index (χ2v) is 5.08. The Hall–Kier alpha value is -1.61. The minimum atomic E-state index is 0.245. The number of anilines is 1. The van der Waals surface area contributed by atoms with E-state index in [1.54, 1.807) is 11.3 Å². The lowest BCUT2D eigenvalue weighted by atomic mass is 9.94. The molecule has 0 bridgehead atoms. The van der Waals surface area contributed by atoms with Crippen LogP contribution in [0.2, 0.25) is 0 Å². The number of thiophene rings is 1. The third kappa shape index (κ3) is 1.98. The van der Waals surface area contributed by atoms with E-state index >= 15 is 0 Å². The standard InChI is InChI=1S/C14H13NOS/c16-14(10-5-6-17-9-10)7-11-8-15-13-4-2-1-3-12(11)13/h1-6,9,11,15H,7-8H2. The van der Waals surface area contributed by atoms with Crippen LogP contribution in [0.25, 0.3) is 0 Å². The molecule has 2 aromatic rings. The molecule has 1 aromatic carbocycles. The van der Waals surface area contributed by atoms with Crippen LogP contribution in [-0.2, 0) is 0 Å². The summed E-state index contributed by atoms with van der Waals surface area (Å²) in [5.74, 6) is 0.563. The highest BCUT2D eigenvalue weighted by atomic mass is 32.1. The topological polar surface area (TPSA) is 29.1 Å². The predicted octanol–water partition coefficient (Wildman–Crippen LogP) is 3.53. The van der Waals surface area contributed by atoms with Gasteiger partial charge in [0.15, 0.2) is 5.78 Å². The van der Waals surface area contributed by atoms with Gasteiger partial charge < -0.3 is 5.32 Å². The molecule has 1 N–H and O–H groups in total. The largest absolute Gasteiger partial charge is 0.384 e. The summed E-state index contributed by atoms with van der Waals surface area (Å²) in [4.78, 5) is 12.1. The van der Waals surface area contributed by atoms with Gasteiger partial charge in [-0.15, -0.1) is 0 Å². The number of hydrogen-bond donors (Lipinski definition) is 1. The second kappa shape index (κ2) is 4.34. The Kier molecular flexibility index (Phi) is 2.69. The molecule has 0 saturated heterocycles. The highest BCUT2D eigenvalue weighted by Gasteiger charge is 2.24. The van der Waals surface area contributed by atoms with Crippen molar-refractivity contribution in [3.63, 3.8) is 0 Å². The van der Waals surface area contributed by atoms with E-state index in [4.69, 9.17) is 0 Å². The first-order valence-corrected chi connectivity index (χ1v) is 6.67. The zero-order valence-corrected chi connectivity index (χ0v) is 10.2. The molecule has 0 fully saturated rings. The van der Waals surface area contributed by atoms with Crippen LogP contribution in [0.1, 0.15) is 28.3 Å². The SMILES string of the molecule is O=C(CC1CNc2ccccc21)c1ccsc1. The maximum atomic E-state index is 12.1. The predicted molar refractivity (Wildman–Crippen MR) is 70.9 cm³/mol. The van der Waals surface area contributed by atoms with Crippen LogP contribution < -0.4 is 5.32 Å². The van der Waals surface area contributed by atoms with Gasteiger partial charge in [0.1, 0.15) is 0 Å². The van der Waals surface area contributed by atoms with Crippen LogP contribution in [0.4, 0.5) is 5.69 Å². The van der Waals surface area contributed by atoms with E-state index in [9.17, 15) is 4.79 Å². The number of ketones is 1. The minimum absolute atomic E-state index is 0.245. The first-order valence-electron chi connectivity index (χ1n) is 5.73. The van der Waals surface area contributed by atoms with Crippen LogP contribution in [0.5, 0.6) is 0 Å². The zero-order valence-electron chi connectivity index (χ0n) is 9.35. The summed E-state index contributed by atoms with van der Waals surface area (Å²) < 4.78 is 0. The van der Waals surface area contributed by atoms with E-state index in [1.165, 1.54) is 11.3 Å². The molecular weight excluding hydrogens is 230 g/mol. The smallest absolute Gasteiger partial charge is 0.164 e. The molecule has 2 nitrogen and oxygen atoms in total. The maximum absolute atomic E-state index is 12.1. The molecule has 1 aromatic heterocycles. The molecule has 86 valence electrons. The molecule has 3 rings (SSSR count). The van der Waals surface area contributed by atoms with Crippen LogP contribution in [0.15, 0.2) is 41.1 Å². The van der Waals surface area contributed by atoms with E-state index in [1.807, 2.05) is 29.0 Å². The van der Waals surface area contributed by atoms with E-state index in [0.717, 1.165) is 12.1 Å². The number of benzene rings is 1. The van der Waals surface area contributed by atoms with Crippen LogP contribution in [-0.4, -0.2) is 12.3 Å². The number of rotatable bonds is 3. The molecule has 1 aliphatic heterocycles. The van der Waals surface area contributed by atoms with E-state index in [-0.39, 0.29) is 5.78 Å². The normalized spacial score (nSPS) is 17.5. The van der Waals surface area contributed by atoms with Crippen LogP contribution in [0.3, 0.4) is 0 Å². The van der Waals surface area contributed by atoms with Gasteiger partial charge in [0.05, 0.1) is 0 Å². The van der Waals surface area contributed by atoms with Gasteiger partial charge in [0.2, 0.25) is 0 Å². The summed E-state index contributed by atoms with van der Waals surface area (Å²) in [6, 6.07) is 10.1. The highest BCUT2D eigenvalue weighted by molar-refractivity contribution is 7.08. The maximum Gasteiger partial charge on any atom is 0.164 e. The van der Waals surface area contributed by atoms with Crippen molar-refractivity contribution < 1.29 is 4.79 Å². The Morgan fingerprint density at radius 1 is 1.35 bits per heavy atom. The lowest BCUT2D eigenvalue weighted by Gasteiger charge is -2.08. The van der Waals surface area contributed by atoms with Crippen molar-refractivity contribution in [2.24, 2.45) is 0 Å². The lowest BCUT2D eigenvalue weighted by molar-refractivity contribution is 0.0976. The van der Waals surface area contributed by atoms with Gasteiger partial charge in [-0.05, 0) is 23.1 Å². The van der Waals surface area contributed by atoms with Crippen molar-refractivity contribution in [1.82, 2.24) is 0 Å². The van der Waals surface area contributed by atoms with Gasteiger partial charge in [0, 0.05) is 35.5 Å². The number of carbonyl (C=O) groups is 1. The van der Waals surface area contributed by atoms with Crippen molar-refractivity contribution in [1.29, 1.82) is 0 Å². The average Bonchev–Trinajstić information content (AvgIpc) is 2.98. The minimum Gasteiger partial charge on any atom is -0.384 e. The van der Waals surface area contributed by atoms with Crippen molar-refractivity contribution in [3.8, 4) is 0 Å². The summed E-state index contributed by atoms with van der Waals surface area (Å²) in [6.07, 6.45) is 0.598. The Morgan fingerprint density at radius 3 is 3.06 bits per heavy atom. The fourth-order valence-corrected chi connectivity index (χ4v) is 2.96. The Labute approximate surface area is 104 Å². The molecular formula is C14H13NOS. The first kappa shape index (κ1) is 10.5. The summed E-state index contributed by atoms with van der Waals surface area (Å²) in [6.45, 7) is 0.870. The summed E-state index contributed by atoms with van der Waals surface area (Å²) in [5, 5.41) is 7.23. The van der Waals surface area contributed by atoms with Gasteiger partial charge in [-0.3, -0.25) is 4.79 Å². The van der Waals surface area contributed by atoms with E-state index in [2.05, 4.69) is 17.4 Å². The monoisotopic (exact) mass is 243 g/mol. The molecule has 0 saturated carbocycles. The first-order chi connectivity index (χ1) is 8.34. The third-order valence-corrected chi connectivity index (χ3v) is 3.90. The molecule has 0 spiro atoms. The number of Topliss-reactive ketones (excluding diaryl/α,β-unsaturated/α-hetero) is 1. The van der Waals surface area contributed by atoms with Gasteiger partial charge in [-0.1, -0.05) is 18.2 Å². The van der Waals surface area contributed by atoms with Crippen LogP contribution in [0, 0.1) is 0 Å². The van der Waals surface area contributed by atoms with Crippen molar-refractivity contribution in [2.45, 2.75) is 12.3 Å². The molecule has 0 radical (unpaired) electrons. The molecule has 3 heteroatoms. The summed E-state index contributed by atoms with van der Waals surface area (Å²) in [5.41, 5.74) is 3.30. The molecule has 1 unspecified atom stereocenters. The number of carbonyl (C=O) groups excluding carboxylic acids is 1. The van der Waals surface area contributed by atoms with Gasteiger partial charge >= 0.3 is 0 Å². The summed E-state index contributed by atoms with van der Waals surface area (Å²) in [7, 11) is 0. The number of fused-ring (bicyclic) bond motifs is 1. The molecule has 0 amide bonds. The zero-order chi connectivity index (χ0) is 11.7. The second-order valence-electron chi connectivity index (χ2n) is 4.30. The van der Waals surface area contributed by atoms with Gasteiger partial charge in [0.25, 0.3) is 0 Å². The summed E-state index contributed by atoms with van der Waals surface area (Å²) >= 11 is 1.57. The number of para-hydroxylation sites is 1. The highest BCUT2D eigenvalue weighted by Crippen LogP contribution is 2.34. The lowest BCUT2D eigenvalue weighted by Crippen LogP contribution is -2.08. The van der Waals surface area contributed by atoms with Gasteiger partial charge in [-0.25, -0.2) is 0 Å². The van der Waals surface area contributed by atoms with Crippen molar-refractivity contribution >= 4 is 22.8 Å². The Balaban J connectivity index is 1.78. The van der Waals surface area contributed by atoms with Crippen molar-refractivity contribution in [2.75, 3.05) is 11.9 Å². The third-order valence-electron chi connectivity index (χ3n) is 3.21. The molecule has 17 heavy (non-hydrogen) atoms.